The van der Waals surface area contributed by atoms with Crippen LogP contribution in [0, 0.1) is 0 Å². The van der Waals surface area contributed by atoms with Crippen LogP contribution in [-0.4, -0.2) is 23.6 Å². The normalized spacial score (nSPS) is 21.8. The van der Waals surface area contributed by atoms with Gasteiger partial charge < -0.3 is 10.8 Å². The molecule has 0 bridgehead atoms. The molecule has 0 fully saturated rings. The summed E-state index contributed by atoms with van der Waals surface area (Å²) >= 11 is 0. The van der Waals surface area contributed by atoms with Crippen molar-refractivity contribution in [1.82, 2.24) is 0 Å². The summed E-state index contributed by atoms with van der Waals surface area (Å²) in [4.78, 5) is 4.36. The number of nitrogens with two attached hydrogens (primary N) is 1. The maximum atomic E-state index is 9.12. The lowest BCUT2D eigenvalue weighted by molar-refractivity contribution is 0.223. The molecule has 13 heavy (non-hydrogen) atoms. The first-order valence-corrected chi connectivity index (χ1v) is 4.59. The fourth-order valence-corrected chi connectivity index (χ4v) is 1.16. The molecule has 72 valence electrons. The maximum absolute atomic E-state index is 9.12. The summed E-state index contributed by atoms with van der Waals surface area (Å²) in [6.45, 7) is 2.93. The molecular formula is C10H16N2O. The van der Waals surface area contributed by atoms with E-state index in [1.54, 1.807) is 0 Å². The Kier molecular flexibility index (Phi) is 3.86. The van der Waals surface area contributed by atoms with Gasteiger partial charge in [-0.25, -0.2) is 0 Å². The van der Waals surface area contributed by atoms with Crippen LogP contribution in [0.3, 0.4) is 0 Å². The number of nitrogens with zero attached hydrogens (tertiary/aromatic N) is 1. The molecule has 3 heteroatoms. The Hall–Kier alpha value is -0.930. The Labute approximate surface area is 78.7 Å². The number of aliphatic imine (C=N–C) groups is 1. The van der Waals surface area contributed by atoms with E-state index in [2.05, 4.69) is 11.9 Å². The van der Waals surface area contributed by atoms with Gasteiger partial charge in [0.2, 0.25) is 0 Å². The molecule has 1 unspecified atom stereocenters. The van der Waals surface area contributed by atoms with E-state index in [1.165, 1.54) is 0 Å². The van der Waals surface area contributed by atoms with Crippen molar-refractivity contribution in [2.75, 3.05) is 6.54 Å². The molecule has 0 saturated carbocycles. The first-order chi connectivity index (χ1) is 6.24. The molecule has 1 aliphatic rings. The topological polar surface area (TPSA) is 58.6 Å². The first-order valence-electron chi connectivity index (χ1n) is 4.59. The molecule has 1 aliphatic carbocycles. The molecule has 3 nitrogen and oxygen atoms in total. The minimum Gasteiger partial charge on any atom is -0.375 e. The lowest BCUT2D eigenvalue weighted by Gasteiger charge is -2.10. The SMILES string of the molecule is CCCN=C1C=C(C(N)O)C=CC1. The van der Waals surface area contributed by atoms with Gasteiger partial charge in [-0.3, -0.25) is 4.99 Å². The number of aliphatic hydroxyl groups excluding tert-OH is 1. The molecule has 3 N–H and O–H groups in total. The summed E-state index contributed by atoms with van der Waals surface area (Å²) in [6, 6.07) is 0. The minimum atomic E-state index is -0.886. The average molecular weight is 180 g/mol. The van der Waals surface area contributed by atoms with E-state index in [-0.39, 0.29) is 0 Å². The second kappa shape index (κ2) is 4.94. The Morgan fingerprint density at radius 2 is 2.46 bits per heavy atom. The summed E-state index contributed by atoms with van der Waals surface area (Å²) in [5, 5.41) is 9.12. The highest BCUT2D eigenvalue weighted by Crippen LogP contribution is 2.09. The maximum Gasteiger partial charge on any atom is 0.128 e. The molecule has 1 atom stereocenters. The van der Waals surface area contributed by atoms with Crippen LogP contribution in [0.1, 0.15) is 19.8 Å². The Balaban J connectivity index is 2.67. The van der Waals surface area contributed by atoms with Gasteiger partial charge in [-0.05, 0) is 18.1 Å². The fraction of sp³-hybridized carbons (Fsp3) is 0.500. The van der Waals surface area contributed by atoms with E-state index in [4.69, 9.17) is 10.8 Å². The molecule has 0 saturated heterocycles. The fourth-order valence-electron chi connectivity index (χ4n) is 1.16. The van der Waals surface area contributed by atoms with Crippen molar-refractivity contribution in [2.24, 2.45) is 10.7 Å². The monoisotopic (exact) mass is 180 g/mol. The predicted octanol–water partition coefficient (Wildman–Crippen LogP) is 1.00. The lowest BCUT2D eigenvalue weighted by Crippen LogP contribution is -2.22. The van der Waals surface area contributed by atoms with Crippen LogP contribution >= 0.6 is 0 Å². The van der Waals surface area contributed by atoms with Crippen LogP contribution in [0.25, 0.3) is 0 Å². The molecule has 0 amide bonds. The van der Waals surface area contributed by atoms with Crippen LogP contribution in [0.5, 0.6) is 0 Å². The predicted molar refractivity (Wildman–Crippen MR) is 54.6 cm³/mol. The van der Waals surface area contributed by atoms with E-state index >= 15 is 0 Å². The van der Waals surface area contributed by atoms with Crippen LogP contribution in [0.4, 0.5) is 0 Å². The Morgan fingerprint density at radius 3 is 3.08 bits per heavy atom. The molecule has 0 heterocycles. The van der Waals surface area contributed by atoms with Crippen molar-refractivity contribution in [2.45, 2.75) is 26.0 Å². The van der Waals surface area contributed by atoms with Crippen LogP contribution in [0.15, 0.2) is 28.8 Å². The van der Waals surface area contributed by atoms with E-state index in [1.807, 2.05) is 18.2 Å². The van der Waals surface area contributed by atoms with Gasteiger partial charge in [-0.15, -0.1) is 0 Å². The summed E-state index contributed by atoms with van der Waals surface area (Å²) in [6.07, 6.45) is 6.68. The van der Waals surface area contributed by atoms with Crippen molar-refractivity contribution < 1.29 is 5.11 Å². The van der Waals surface area contributed by atoms with Gasteiger partial charge in [0.15, 0.2) is 0 Å². The zero-order valence-electron chi connectivity index (χ0n) is 7.90. The third kappa shape index (κ3) is 3.13. The highest BCUT2D eigenvalue weighted by Gasteiger charge is 2.06. The Bertz CT molecular complexity index is 252. The standard InChI is InChI=1S/C10H16N2O/c1-2-6-12-9-5-3-4-8(7-9)10(11)13/h3-4,7,10,13H,2,5-6,11H2,1H3. The summed E-state index contributed by atoms with van der Waals surface area (Å²) in [5.41, 5.74) is 7.08. The van der Waals surface area contributed by atoms with Crippen molar-refractivity contribution in [1.29, 1.82) is 0 Å². The molecular weight excluding hydrogens is 164 g/mol. The van der Waals surface area contributed by atoms with Crippen molar-refractivity contribution in [3.05, 3.63) is 23.8 Å². The van der Waals surface area contributed by atoms with Gasteiger partial charge >= 0.3 is 0 Å². The van der Waals surface area contributed by atoms with E-state index < -0.39 is 6.23 Å². The number of aliphatic hydroxyl groups is 1. The summed E-state index contributed by atoms with van der Waals surface area (Å²) in [5.74, 6) is 0. The molecule has 0 aromatic heterocycles. The van der Waals surface area contributed by atoms with Gasteiger partial charge in [0.1, 0.15) is 6.23 Å². The van der Waals surface area contributed by atoms with Crippen molar-refractivity contribution >= 4 is 5.71 Å². The molecule has 0 aliphatic heterocycles. The second-order valence-corrected chi connectivity index (χ2v) is 3.07. The van der Waals surface area contributed by atoms with Crippen molar-refractivity contribution in [3.8, 4) is 0 Å². The zero-order valence-corrected chi connectivity index (χ0v) is 7.90. The van der Waals surface area contributed by atoms with Gasteiger partial charge in [0, 0.05) is 18.7 Å². The third-order valence-electron chi connectivity index (χ3n) is 1.85. The molecule has 0 aromatic rings. The van der Waals surface area contributed by atoms with E-state index in [0.717, 1.165) is 30.7 Å². The zero-order chi connectivity index (χ0) is 9.68. The molecule has 0 spiro atoms. The molecule has 0 radical (unpaired) electrons. The number of hydrogen-bond acceptors (Lipinski definition) is 3. The van der Waals surface area contributed by atoms with Crippen LogP contribution < -0.4 is 5.73 Å². The van der Waals surface area contributed by atoms with Gasteiger partial charge in [-0.1, -0.05) is 19.1 Å². The van der Waals surface area contributed by atoms with E-state index in [9.17, 15) is 0 Å². The second-order valence-electron chi connectivity index (χ2n) is 3.07. The number of hydrogen-bond donors (Lipinski definition) is 2. The summed E-state index contributed by atoms with van der Waals surface area (Å²) in [7, 11) is 0. The van der Waals surface area contributed by atoms with E-state index in [0.29, 0.717) is 0 Å². The van der Waals surface area contributed by atoms with Crippen LogP contribution in [0.2, 0.25) is 0 Å². The van der Waals surface area contributed by atoms with Crippen LogP contribution in [-0.2, 0) is 0 Å². The van der Waals surface area contributed by atoms with Gasteiger partial charge in [0.25, 0.3) is 0 Å². The number of allylic oxidation sites excluding steroid dienone is 2. The first kappa shape index (κ1) is 10.2. The molecule has 0 aromatic carbocycles. The smallest absolute Gasteiger partial charge is 0.128 e. The molecule has 1 rings (SSSR count). The largest absolute Gasteiger partial charge is 0.375 e. The average Bonchev–Trinajstić information content (AvgIpc) is 2.15. The quantitative estimate of drug-likeness (QED) is 0.636. The Morgan fingerprint density at radius 1 is 1.69 bits per heavy atom. The minimum absolute atomic E-state index is 0.737. The highest BCUT2D eigenvalue weighted by atomic mass is 16.3. The van der Waals surface area contributed by atoms with Gasteiger partial charge in [0.05, 0.1) is 0 Å². The van der Waals surface area contributed by atoms with Gasteiger partial charge in [-0.2, -0.15) is 0 Å². The summed E-state index contributed by atoms with van der Waals surface area (Å²) < 4.78 is 0. The van der Waals surface area contributed by atoms with Crippen molar-refractivity contribution in [3.63, 3.8) is 0 Å². The highest BCUT2D eigenvalue weighted by molar-refractivity contribution is 5.98. The lowest BCUT2D eigenvalue weighted by atomic mass is 10.0. The third-order valence-corrected chi connectivity index (χ3v) is 1.85. The number of rotatable bonds is 3.